The number of halogens is 2. The molecule has 2 fully saturated rings. The molecule has 1 aromatic heterocycles. The maximum atomic E-state index is 13.3. The number of hydrogen-bond acceptors (Lipinski definition) is 5. The third-order valence-corrected chi connectivity index (χ3v) is 7.43. The third kappa shape index (κ3) is 4.37. The second-order valence-corrected chi connectivity index (χ2v) is 10.2. The van der Waals surface area contributed by atoms with Crippen LogP contribution in [0.15, 0.2) is 90.0 Å². The van der Waals surface area contributed by atoms with Gasteiger partial charge in [-0.1, -0.05) is 77.4 Å². The van der Waals surface area contributed by atoms with Gasteiger partial charge in [-0.3, -0.25) is 10.1 Å². The number of fused-ring (bicyclic) bond motifs is 1. The average Bonchev–Trinajstić information content (AvgIpc) is 3.56. The molecule has 2 N–H and O–H groups in total. The summed E-state index contributed by atoms with van der Waals surface area (Å²) in [6.07, 6.45) is 3.65. The standard InChI is InChI=1S/C26H19Cl2N5OS/c27-19-11-9-16(10-12-19)23-18(15-32(30-23)21-7-2-1-3-8-21)14-22-25(34)33-26(35-22)29-24(31-33)17-5-4-6-20(28)13-17/h1-15,24,26,29,31H/b22-14-. The van der Waals surface area contributed by atoms with Crippen LogP contribution in [0.2, 0.25) is 10.0 Å². The first-order chi connectivity index (χ1) is 17.0. The number of amides is 1. The number of para-hydroxylation sites is 1. The number of rotatable bonds is 4. The molecule has 174 valence electrons. The van der Waals surface area contributed by atoms with Crippen molar-refractivity contribution in [2.75, 3.05) is 0 Å². The zero-order valence-corrected chi connectivity index (χ0v) is 20.6. The van der Waals surface area contributed by atoms with Crippen LogP contribution in [0.1, 0.15) is 17.3 Å². The summed E-state index contributed by atoms with van der Waals surface area (Å²) in [6.45, 7) is 0. The number of carbonyl (C=O) groups is 1. The Balaban J connectivity index is 1.32. The average molecular weight is 520 g/mol. The van der Waals surface area contributed by atoms with E-state index in [0.29, 0.717) is 15.0 Å². The Bertz CT molecular complexity index is 1440. The van der Waals surface area contributed by atoms with Crippen LogP contribution in [-0.4, -0.2) is 26.2 Å². The first-order valence-corrected chi connectivity index (χ1v) is 12.6. The zero-order valence-electron chi connectivity index (χ0n) is 18.2. The molecule has 3 heterocycles. The predicted molar refractivity (Wildman–Crippen MR) is 141 cm³/mol. The Morgan fingerprint density at radius 2 is 1.74 bits per heavy atom. The molecule has 2 atom stereocenters. The van der Waals surface area contributed by atoms with E-state index in [4.69, 9.17) is 28.3 Å². The summed E-state index contributed by atoms with van der Waals surface area (Å²) >= 11 is 13.7. The monoisotopic (exact) mass is 519 g/mol. The second-order valence-electron chi connectivity index (χ2n) is 8.16. The molecule has 35 heavy (non-hydrogen) atoms. The van der Waals surface area contributed by atoms with Crippen molar-refractivity contribution < 1.29 is 4.79 Å². The van der Waals surface area contributed by atoms with Gasteiger partial charge in [-0.2, -0.15) is 5.10 Å². The lowest BCUT2D eigenvalue weighted by Gasteiger charge is -2.14. The molecule has 0 aliphatic carbocycles. The van der Waals surface area contributed by atoms with Crippen LogP contribution in [0.3, 0.4) is 0 Å². The molecule has 0 radical (unpaired) electrons. The Kier molecular flexibility index (Phi) is 5.88. The summed E-state index contributed by atoms with van der Waals surface area (Å²) < 4.78 is 1.83. The minimum atomic E-state index is -0.221. The van der Waals surface area contributed by atoms with Gasteiger partial charge < -0.3 is 0 Å². The molecule has 6 rings (SSSR count). The molecule has 6 nitrogen and oxygen atoms in total. The summed E-state index contributed by atoms with van der Waals surface area (Å²) in [4.78, 5) is 13.9. The molecular formula is C26H19Cl2N5OS. The molecule has 2 aliphatic rings. The van der Waals surface area contributed by atoms with Gasteiger partial charge in [0.05, 0.1) is 16.3 Å². The van der Waals surface area contributed by atoms with Gasteiger partial charge in [0.1, 0.15) is 6.17 Å². The molecule has 2 aliphatic heterocycles. The topological polar surface area (TPSA) is 62.2 Å². The van der Waals surface area contributed by atoms with Gasteiger partial charge in [0.2, 0.25) is 0 Å². The number of hydrazine groups is 1. The molecule has 3 aromatic carbocycles. The SMILES string of the molecule is O=C1/C(=C/c2cn(-c3ccccc3)nc2-c2ccc(Cl)cc2)SC2NC(c3cccc(Cl)c3)NN12. The minimum Gasteiger partial charge on any atom is -0.267 e. The lowest BCUT2D eigenvalue weighted by Crippen LogP contribution is -2.37. The zero-order chi connectivity index (χ0) is 23.9. The normalized spacial score (nSPS) is 20.6. The smallest absolute Gasteiger partial charge is 0.267 e. The number of carbonyl (C=O) groups excluding carboxylic acids is 1. The maximum absolute atomic E-state index is 13.3. The number of nitrogens with zero attached hydrogens (tertiary/aromatic N) is 3. The third-order valence-electron chi connectivity index (χ3n) is 5.83. The molecular weight excluding hydrogens is 501 g/mol. The molecule has 2 saturated heterocycles. The fourth-order valence-electron chi connectivity index (χ4n) is 4.13. The van der Waals surface area contributed by atoms with E-state index >= 15 is 0 Å². The van der Waals surface area contributed by atoms with E-state index in [0.717, 1.165) is 28.1 Å². The van der Waals surface area contributed by atoms with Crippen molar-refractivity contribution in [3.8, 4) is 16.9 Å². The molecule has 2 unspecified atom stereocenters. The molecule has 0 saturated carbocycles. The van der Waals surface area contributed by atoms with E-state index in [1.54, 1.807) is 5.01 Å². The highest BCUT2D eigenvalue weighted by Gasteiger charge is 2.43. The first-order valence-electron chi connectivity index (χ1n) is 11.0. The quantitative estimate of drug-likeness (QED) is 0.331. The number of aromatic nitrogens is 2. The van der Waals surface area contributed by atoms with Gasteiger partial charge in [0, 0.05) is 27.4 Å². The van der Waals surface area contributed by atoms with Crippen LogP contribution in [-0.2, 0) is 4.79 Å². The Morgan fingerprint density at radius 1 is 0.943 bits per heavy atom. The minimum absolute atomic E-state index is 0.0912. The number of nitrogens with one attached hydrogen (secondary N) is 2. The lowest BCUT2D eigenvalue weighted by molar-refractivity contribution is -0.127. The molecule has 9 heteroatoms. The fraction of sp³-hybridized carbons (Fsp3) is 0.0769. The van der Waals surface area contributed by atoms with Crippen LogP contribution in [0.5, 0.6) is 0 Å². The number of benzene rings is 3. The van der Waals surface area contributed by atoms with Crippen LogP contribution in [0.25, 0.3) is 23.0 Å². The highest BCUT2D eigenvalue weighted by molar-refractivity contribution is 8.05. The molecule has 0 bridgehead atoms. The van der Waals surface area contributed by atoms with Crippen molar-refractivity contribution in [2.24, 2.45) is 0 Å². The largest absolute Gasteiger partial charge is 0.276 e. The predicted octanol–water partition coefficient (Wildman–Crippen LogP) is 5.85. The van der Waals surface area contributed by atoms with Crippen LogP contribution in [0, 0.1) is 0 Å². The van der Waals surface area contributed by atoms with Gasteiger partial charge in [0.25, 0.3) is 5.91 Å². The van der Waals surface area contributed by atoms with E-state index < -0.39 is 0 Å². The molecule has 0 spiro atoms. The van der Waals surface area contributed by atoms with Crippen molar-refractivity contribution in [3.05, 3.63) is 111 Å². The van der Waals surface area contributed by atoms with E-state index in [-0.39, 0.29) is 17.6 Å². The molecule has 1 amide bonds. The van der Waals surface area contributed by atoms with Crippen molar-refractivity contribution in [2.45, 2.75) is 11.7 Å². The van der Waals surface area contributed by atoms with E-state index in [2.05, 4.69) is 10.7 Å². The highest BCUT2D eigenvalue weighted by Crippen LogP contribution is 2.39. The summed E-state index contributed by atoms with van der Waals surface area (Å²) in [5, 5.41) is 11.2. The van der Waals surface area contributed by atoms with Gasteiger partial charge in [-0.25, -0.2) is 15.1 Å². The van der Waals surface area contributed by atoms with Gasteiger partial charge in [-0.05, 0) is 48.0 Å². The van der Waals surface area contributed by atoms with Gasteiger partial charge >= 0.3 is 0 Å². The van der Waals surface area contributed by atoms with E-state index in [9.17, 15) is 4.79 Å². The Labute approximate surface area is 216 Å². The molecule has 4 aromatic rings. The van der Waals surface area contributed by atoms with E-state index in [1.807, 2.05) is 95.8 Å². The highest BCUT2D eigenvalue weighted by atomic mass is 35.5. The van der Waals surface area contributed by atoms with Crippen LogP contribution < -0.4 is 10.7 Å². The maximum Gasteiger partial charge on any atom is 0.276 e. The summed E-state index contributed by atoms with van der Waals surface area (Å²) in [7, 11) is 0. The summed E-state index contributed by atoms with van der Waals surface area (Å²) in [5.41, 5.74) is 7.49. The first kappa shape index (κ1) is 22.4. The van der Waals surface area contributed by atoms with Crippen molar-refractivity contribution in [1.29, 1.82) is 0 Å². The van der Waals surface area contributed by atoms with E-state index in [1.165, 1.54) is 11.8 Å². The Morgan fingerprint density at radius 3 is 2.49 bits per heavy atom. The second kappa shape index (κ2) is 9.18. The van der Waals surface area contributed by atoms with Gasteiger partial charge in [-0.15, -0.1) is 0 Å². The van der Waals surface area contributed by atoms with Crippen molar-refractivity contribution in [1.82, 2.24) is 25.5 Å². The Hall–Kier alpha value is -3.07. The van der Waals surface area contributed by atoms with Crippen molar-refractivity contribution >= 4 is 46.9 Å². The number of thioether (sulfide) groups is 1. The number of hydrogen-bond donors (Lipinski definition) is 2. The van der Waals surface area contributed by atoms with Crippen molar-refractivity contribution in [3.63, 3.8) is 0 Å². The van der Waals surface area contributed by atoms with Crippen LogP contribution in [0.4, 0.5) is 0 Å². The lowest BCUT2D eigenvalue weighted by atomic mass is 10.1. The summed E-state index contributed by atoms with van der Waals surface area (Å²) in [6, 6.07) is 25.0. The summed E-state index contributed by atoms with van der Waals surface area (Å²) in [5.74, 6) is -0.0912. The van der Waals surface area contributed by atoms with Gasteiger partial charge in [0.15, 0.2) is 5.50 Å². The fourth-order valence-corrected chi connectivity index (χ4v) is 5.56. The van der Waals surface area contributed by atoms with Crippen LogP contribution >= 0.6 is 35.0 Å².